The van der Waals surface area contributed by atoms with Crippen LogP contribution in [0.3, 0.4) is 0 Å². The summed E-state index contributed by atoms with van der Waals surface area (Å²) < 4.78 is 35.9. The van der Waals surface area contributed by atoms with Crippen molar-refractivity contribution in [2.24, 2.45) is 0 Å². The van der Waals surface area contributed by atoms with E-state index < -0.39 is 12.6 Å². The predicted octanol–water partition coefficient (Wildman–Crippen LogP) is 3.94. The van der Waals surface area contributed by atoms with Gasteiger partial charge in [-0.05, 0) is 31.4 Å². The molecule has 1 unspecified atom stereocenters. The average molecular weight is 259 g/mol. The maximum atomic E-state index is 12.0. The summed E-state index contributed by atoms with van der Waals surface area (Å²) in [5.74, 6) is 0. The lowest BCUT2D eigenvalue weighted by Gasteiger charge is -2.17. The molecule has 0 spiro atoms. The molecule has 1 aromatic carbocycles. The molecule has 18 heavy (non-hydrogen) atoms. The molecule has 1 nitrogen and oxygen atoms in total. The minimum Gasteiger partial charge on any atom is -0.314 e. The topological polar surface area (TPSA) is 12.0 Å². The predicted molar refractivity (Wildman–Crippen MR) is 67.5 cm³/mol. The second-order valence-electron chi connectivity index (χ2n) is 4.47. The molecule has 1 aromatic rings. The van der Waals surface area contributed by atoms with Gasteiger partial charge in [-0.1, -0.05) is 37.3 Å². The Morgan fingerprint density at radius 1 is 1.17 bits per heavy atom. The van der Waals surface area contributed by atoms with E-state index in [-0.39, 0.29) is 12.5 Å². The molecule has 0 saturated carbocycles. The van der Waals surface area contributed by atoms with Crippen LogP contribution in [0.5, 0.6) is 0 Å². The Morgan fingerprint density at radius 3 is 2.39 bits per heavy atom. The van der Waals surface area contributed by atoms with Gasteiger partial charge in [0.1, 0.15) is 0 Å². The Kier molecular flexibility index (Phi) is 6.19. The molecule has 0 heterocycles. The monoisotopic (exact) mass is 259 g/mol. The van der Waals surface area contributed by atoms with Gasteiger partial charge in [0.15, 0.2) is 0 Å². The molecule has 1 rings (SSSR count). The Hall–Kier alpha value is -1.03. The lowest BCUT2D eigenvalue weighted by Crippen LogP contribution is -2.31. The molecule has 1 atom stereocenters. The number of rotatable bonds is 7. The highest BCUT2D eigenvalue weighted by Gasteiger charge is 2.25. The fourth-order valence-electron chi connectivity index (χ4n) is 1.85. The number of hydrogen-bond acceptors (Lipinski definition) is 1. The molecule has 0 aromatic heterocycles. The smallest absolute Gasteiger partial charge is 0.314 e. The van der Waals surface area contributed by atoms with Gasteiger partial charge in [-0.15, -0.1) is 0 Å². The summed E-state index contributed by atoms with van der Waals surface area (Å²) in [4.78, 5) is 0. The van der Waals surface area contributed by atoms with Crippen LogP contribution in [0.1, 0.15) is 31.7 Å². The summed E-state index contributed by atoms with van der Waals surface area (Å²) in [5.41, 5.74) is 1.22. The summed E-state index contributed by atoms with van der Waals surface area (Å²) in [5, 5.41) is 3.19. The number of alkyl halides is 3. The molecule has 0 aliphatic heterocycles. The van der Waals surface area contributed by atoms with E-state index in [9.17, 15) is 13.2 Å². The van der Waals surface area contributed by atoms with Crippen LogP contribution in [-0.2, 0) is 6.42 Å². The highest BCUT2D eigenvalue weighted by atomic mass is 19.4. The second kappa shape index (κ2) is 7.41. The molecule has 0 fully saturated rings. The number of halogens is 3. The second-order valence-corrected chi connectivity index (χ2v) is 4.47. The van der Waals surface area contributed by atoms with E-state index >= 15 is 0 Å². The number of hydrogen-bond donors (Lipinski definition) is 1. The SMILES string of the molecule is CCC(Cc1ccccc1)NCCCC(F)(F)F. The van der Waals surface area contributed by atoms with Crippen LogP contribution < -0.4 is 5.32 Å². The molecule has 102 valence electrons. The van der Waals surface area contributed by atoms with Crippen molar-refractivity contribution in [1.29, 1.82) is 0 Å². The Balaban J connectivity index is 2.26. The molecule has 0 aliphatic carbocycles. The van der Waals surface area contributed by atoms with E-state index in [0.717, 1.165) is 12.8 Å². The van der Waals surface area contributed by atoms with E-state index in [1.54, 1.807) is 0 Å². The molecular formula is C14H20F3N. The lowest BCUT2D eigenvalue weighted by atomic mass is 10.0. The first-order valence-electron chi connectivity index (χ1n) is 6.35. The summed E-state index contributed by atoms with van der Waals surface area (Å²) in [6, 6.07) is 10.2. The summed E-state index contributed by atoms with van der Waals surface area (Å²) in [6.07, 6.45) is -2.82. The van der Waals surface area contributed by atoms with Gasteiger partial charge in [0.2, 0.25) is 0 Å². The third kappa shape index (κ3) is 6.64. The highest BCUT2D eigenvalue weighted by molar-refractivity contribution is 5.15. The van der Waals surface area contributed by atoms with E-state index in [4.69, 9.17) is 0 Å². The van der Waals surface area contributed by atoms with E-state index in [1.807, 2.05) is 37.3 Å². The van der Waals surface area contributed by atoms with Crippen LogP contribution in [-0.4, -0.2) is 18.8 Å². The Labute approximate surface area is 106 Å². The number of nitrogens with one attached hydrogen (secondary N) is 1. The molecule has 0 saturated heterocycles. The van der Waals surface area contributed by atoms with Gasteiger partial charge in [0.05, 0.1) is 0 Å². The average Bonchev–Trinajstić information content (AvgIpc) is 2.33. The first-order chi connectivity index (χ1) is 8.51. The Bertz CT molecular complexity index is 322. The van der Waals surface area contributed by atoms with Crippen molar-refractivity contribution in [2.45, 2.75) is 44.8 Å². The van der Waals surface area contributed by atoms with Gasteiger partial charge in [0, 0.05) is 12.5 Å². The molecule has 1 N–H and O–H groups in total. The third-order valence-corrected chi connectivity index (χ3v) is 2.89. The zero-order valence-corrected chi connectivity index (χ0v) is 10.6. The lowest BCUT2D eigenvalue weighted by molar-refractivity contribution is -0.135. The molecule has 0 radical (unpaired) electrons. The van der Waals surface area contributed by atoms with Crippen molar-refractivity contribution in [3.8, 4) is 0 Å². The van der Waals surface area contributed by atoms with Crippen molar-refractivity contribution >= 4 is 0 Å². The standard InChI is InChI=1S/C14H20F3N/c1-2-13(11-12-7-4-3-5-8-12)18-10-6-9-14(15,16)17/h3-5,7-8,13,18H,2,6,9-11H2,1H3. The summed E-state index contributed by atoms with van der Waals surface area (Å²) in [7, 11) is 0. The quantitative estimate of drug-likeness (QED) is 0.731. The van der Waals surface area contributed by atoms with Gasteiger partial charge in [0.25, 0.3) is 0 Å². The van der Waals surface area contributed by atoms with Crippen LogP contribution in [0.2, 0.25) is 0 Å². The van der Waals surface area contributed by atoms with Gasteiger partial charge < -0.3 is 5.32 Å². The molecule has 0 amide bonds. The van der Waals surface area contributed by atoms with Crippen molar-refractivity contribution in [3.63, 3.8) is 0 Å². The first-order valence-corrected chi connectivity index (χ1v) is 6.35. The maximum absolute atomic E-state index is 12.0. The maximum Gasteiger partial charge on any atom is 0.389 e. The van der Waals surface area contributed by atoms with Crippen molar-refractivity contribution in [2.75, 3.05) is 6.54 Å². The van der Waals surface area contributed by atoms with Gasteiger partial charge in [-0.2, -0.15) is 13.2 Å². The zero-order valence-electron chi connectivity index (χ0n) is 10.6. The molecule has 0 bridgehead atoms. The largest absolute Gasteiger partial charge is 0.389 e. The van der Waals surface area contributed by atoms with Crippen LogP contribution in [0.25, 0.3) is 0 Å². The van der Waals surface area contributed by atoms with E-state index in [0.29, 0.717) is 6.54 Å². The molecule has 0 aliphatic rings. The normalized spacial score (nSPS) is 13.6. The van der Waals surface area contributed by atoms with Crippen LogP contribution in [0.15, 0.2) is 30.3 Å². The van der Waals surface area contributed by atoms with Gasteiger partial charge >= 0.3 is 6.18 Å². The minimum absolute atomic E-state index is 0.148. The first kappa shape index (κ1) is 15.0. The Morgan fingerprint density at radius 2 is 1.83 bits per heavy atom. The van der Waals surface area contributed by atoms with Crippen molar-refractivity contribution in [3.05, 3.63) is 35.9 Å². The van der Waals surface area contributed by atoms with Gasteiger partial charge in [-0.25, -0.2) is 0 Å². The van der Waals surface area contributed by atoms with Crippen molar-refractivity contribution < 1.29 is 13.2 Å². The van der Waals surface area contributed by atoms with Crippen LogP contribution in [0, 0.1) is 0 Å². The van der Waals surface area contributed by atoms with E-state index in [2.05, 4.69) is 5.32 Å². The minimum atomic E-state index is -4.04. The van der Waals surface area contributed by atoms with Gasteiger partial charge in [-0.3, -0.25) is 0 Å². The summed E-state index contributed by atoms with van der Waals surface area (Å²) >= 11 is 0. The van der Waals surface area contributed by atoms with Crippen LogP contribution >= 0.6 is 0 Å². The fraction of sp³-hybridized carbons (Fsp3) is 0.571. The van der Waals surface area contributed by atoms with Crippen LogP contribution in [0.4, 0.5) is 13.2 Å². The summed E-state index contributed by atoms with van der Waals surface area (Å²) in [6.45, 7) is 2.47. The highest BCUT2D eigenvalue weighted by Crippen LogP contribution is 2.20. The number of benzene rings is 1. The third-order valence-electron chi connectivity index (χ3n) is 2.89. The molecule has 4 heteroatoms. The van der Waals surface area contributed by atoms with E-state index in [1.165, 1.54) is 5.56 Å². The zero-order chi connectivity index (χ0) is 13.4. The van der Waals surface area contributed by atoms with Crippen molar-refractivity contribution in [1.82, 2.24) is 5.32 Å². The molecular weight excluding hydrogens is 239 g/mol. The fourth-order valence-corrected chi connectivity index (χ4v) is 1.85.